The summed E-state index contributed by atoms with van der Waals surface area (Å²) < 4.78 is 29.3. The Morgan fingerprint density at radius 3 is 2.15 bits per heavy atom. The van der Waals surface area contributed by atoms with Gasteiger partial charge in [-0.3, -0.25) is 24.0 Å². The number of fused-ring (bicyclic) bond motifs is 3. The number of carbonyl (C=O) groups excluding carboxylic acids is 7. The lowest BCUT2D eigenvalue weighted by Crippen LogP contribution is -2.64. The van der Waals surface area contributed by atoms with E-state index in [-0.39, 0.29) is 36.0 Å². The third kappa shape index (κ3) is 9.23. The van der Waals surface area contributed by atoms with E-state index in [1.807, 2.05) is 0 Å². The number of ketones is 2. The molecule has 0 aromatic carbocycles. The van der Waals surface area contributed by atoms with Crippen LogP contribution in [-0.2, 0) is 57.2 Å². The molecule has 1 saturated heterocycles. The monoisotopic (exact) mass is 749 g/mol. The summed E-state index contributed by atoms with van der Waals surface area (Å²) in [5.41, 5.74) is -1.12. The molecule has 0 unspecified atom stereocenters. The van der Waals surface area contributed by atoms with Crippen molar-refractivity contribution in [3.05, 3.63) is 22.8 Å². The van der Waals surface area contributed by atoms with E-state index in [1.165, 1.54) is 33.8 Å². The Hall–Kier alpha value is -3.95. The first-order valence-electron chi connectivity index (χ1n) is 18.2. The van der Waals surface area contributed by atoms with Crippen molar-refractivity contribution in [1.82, 2.24) is 0 Å². The average molecular weight is 750 g/mol. The van der Waals surface area contributed by atoms with Crippen molar-refractivity contribution in [3.63, 3.8) is 0 Å². The summed E-state index contributed by atoms with van der Waals surface area (Å²) in [5, 5.41) is 24.2. The molecule has 0 aromatic heterocycles. The van der Waals surface area contributed by atoms with Crippen LogP contribution in [0.15, 0.2) is 22.8 Å². The maximum absolute atomic E-state index is 13.4. The number of ether oxygens (including phenoxy) is 5. The van der Waals surface area contributed by atoms with Crippen LogP contribution in [0.4, 0.5) is 0 Å². The van der Waals surface area contributed by atoms with Gasteiger partial charge in [-0.1, -0.05) is 38.7 Å². The van der Waals surface area contributed by atoms with Gasteiger partial charge in [0.25, 0.3) is 0 Å². The van der Waals surface area contributed by atoms with Gasteiger partial charge < -0.3 is 39.6 Å². The molecule has 1 aliphatic heterocycles. The Labute approximate surface area is 309 Å². The van der Waals surface area contributed by atoms with E-state index in [0.717, 1.165) is 39.5 Å². The third-order valence-electron chi connectivity index (χ3n) is 10.6. The summed E-state index contributed by atoms with van der Waals surface area (Å²) >= 11 is 0. The molecule has 2 fully saturated rings. The minimum absolute atomic E-state index is 0.0213. The van der Waals surface area contributed by atoms with E-state index < -0.39 is 107 Å². The summed E-state index contributed by atoms with van der Waals surface area (Å²) in [6, 6.07) is -1.05. The molecule has 53 heavy (non-hydrogen) atoms. The Kier molecular flexibility index (Phi) is 14.3. The van der Waals surface area contributed by atoms with E-state index in [9.17, 15) is 43.8 Å². The highest BCUT2D eigenvalue weighted by molar-refractivity contribution is 5.90. The van der Waals surface area contributed by atoms with Crippen LogP contribution in [0, 0.1) is 5.92 Å². The van der Waals surface area contributed by atoms with Crippen molar-refractivity contribution < 1.29 is 67.5 Å². The zero-order valence-electron chi connectivity index (χ0n) is 32.0. The molecule has 15 nitrogen and oxygen atoms in total. The van der Waals surface area contributed by atoms with Crippen LogP contribution in [0.25, 0.3) is 0 Å². The first-order chi connectivity index (χ1) is 24.7. The summed E-state index contributed by atoms with van der Waals surface area (Å²) in [6.45, 7) is 11.5. The molecular formula is C38H55NO14. The second kappa shape index (κ2) is 17.5. The van der Waals surface area contributed by atoms with Gasteiger partial charge in [0.15, 0.2) is 29.5 Å². The smallest absolute Gasteiger partial charge is 0.341 e. The van der Waals surface area contributed by atoms with E-state index in [2.05, 4.69) is 6.92 Å². The molecule has 4 N–H and O–H groups in total. The predicted molar refractivity (Wildman–Crippen MR) is 186 cm³/mol. The predicted octanol–water partition coefficient (Wildman–Crippen LogP) is 2.78. The highest BCUT2D eigenvalue weighted by Crippen LogP contribution is 2.57. The molecule has 296 valence electrons. The highest BCUT2D eigenvalue weighted by atomic mass is 16.6. The van der Waals surface area contributed by atoms with Crippen molar-refractivity contribution in [3.8, 4) is 0 Å². The molecule has 0 aromatic rings. The van der Waals surface area contributed by atoms with E-state index in [4.69, 9.17) is 29.4 Å². The van der Waals surface area contributed by atoms with Crippen molar-refractivity contribution in [2.75, 3.05) is 0 Å². The lowest BCUT2D eigenvalue weighted by Gasteiger charge is -2.41. The van der Waals surface area contributed by atoms with E-state index >= 15 is 0 Å². The molecule has 0 radical (unpaired) electrons. The standard InChI is InChI=1S/C38H55NO14/c1-9-11-12-13-14-15-27(43)50-32-30-29(21(4)31(32)51-34(45)20(3)10-2)33-38(48,37(8,47)35(46)52-33)26(19-36(30,7)53-23(6)41)49-28(44)17-16-24(42)18-25(39)22(5)40/h10,25-26,30-33,47-48H,9,11-19,39H2,1-8H3/b20-10-/t25-,26-,30+,31-,32-,33-,36-,37+,38+/m0/s1. The molecule has 9 atom stereocenters. The van der Waals surface area contributed by atoms with Crippen LogP contribution >= 0.6 is 0 Å². The van der Waals surface area contributed by atoms with Gasteiger partial charge in [0.05, 0.1) is 18.4 Å². The van der Waals surface area contributed by atoms with E-state index in [0.29, 0.717) is 6.42 Å². The average Bonchev–Trinajstić information content (AvgIpc) is 3.40. The lowest BCUT2D eigenvalue weighted by atomic mass is 9.75. The van der Waals surface area contributed by atoms with Gasteiger partial charge in [0.1, 0.15) is 23.3 Å². The molecule has 0 bridgehead atoms. The maximum atomic E-state index is 13.4. The highest BCUT2D eigenvalue weighted by Gasteiger charge is 2.76. The summed E-state index contributed by atoms with van der Waals surface area (Å²) in [7, 11) is 0. The van der Waals surface area contributed by atoms with Crippen LogP contribution in [-0.4, -0.2) is 98.9 Å². The van der Waals surface area contributed by atoms with E-state index in [1.54, 1.807) is 6.92 Å². The van der Waals surface area contributed by atoms with Crippen LogP contribution in [0.5, 0.6) is 0 Å². The number of unbranched alkanes of at least 4 members (excludes halogenated alkanes) is 4. The van der Waals surface area contributed by atoms with Crippen LogP contribution in [0.2, 0.25) is 0 Å². The fourth-order valence-electron chi connectivity index (χ4n) is 7.43. The number of allylic oxidation sites excluding steroid dienone is 1. The molecule has 0 amide bonds. The van der Waals surface area contributed by atoms with Crippen LogP contribution in [0.3, 0.4) is 0 Å². The van der Waals surface area contributed by atoms with Gasteiger partial charge in [0.2, 0.25) is 0 Å². The summed E-state index contributed by atoms with van der Waals surface area (Å²) in [5.74, 6) is -6.65. The second-order valence-corrected chi connectivity index (χ2v) is 14.8. The van der Waals surface area contributed by atoms with Gasteiger partial charge in [-0.05, 0) is 59.1 Å². The number of esters is 5. The van der Waals surface area contributed by atoms with Crippen molar-refractivity contribution in [2.45, 2.75) is 167 Å². The molecule has 3 aliphatic rings. The molecule has 1 heterocycles. The second-order valence-electron chi connectivity index (χ2n) is 14.8. The zero-order chi connectivity index (χ0) is 40.1. The summed E-state index contributed by atoms with van der Waals surface area (Å²) in [4.78, 5) is 90.0. The Morgan fingerprint density at radius 2 is 1.57 bits per heavy atom. The zero-order valence-corrected chi connectivity index (χ0v) is 32.0. The van der Waals surface area contributed by atoms with Crippen LogP contribution < -0.4 is 5.73 Å². The Balaban J connectivity index is 2.15. The minimum Gasteiger partial charge on any atom is -0.459 e. The number of hydrogen-bond donors (Lipinski definition) is 3. The fraction of sp³-hybridized carbons (Fsp3) is 0.711. The minimum atomic E-state index is -2.74. The van der Waals surface area contributed by atoms with Gasteiger partial charge in [0, 0.05) is 38.2 Å². The first-order valence-corrected chi connectivity index (χ1v) is 18.2. The molecule has 1 saturated carbocycles. The lowest BCUT2D eigenvalue weighted by molar-refractivity contribution is -0.212. The number of hydrogen-bond acceptors (Lipinski definition) is 15. The van der Waals surface area contributed by atoms with Gasteiger partial charge in [-0.15, -0.1) is 0 Å². The molecule has 3 rings (SSSR count). The normalized spacial score (nSPS) is 31.4. The fourth-order valence-corrected chi connectivity index (χ4v) is 7.43. The Morgan fingerprint density at radius 1 is 0.943 bits per heavy atom. The van der Waals surface area contributed by atoms with Crippen LogP contribution in [0.1, 0.15) is 120 Å². The topological polar surface area (TPSA) is 232 Å². The maximum Gasteiger partial charge on any atom is 0.341 e. The third-order valence-corrected chi connectivity index (χ3v) is 10.6. The summed E-state index contributed by atoms with van der Waals surface area (Å²) in [6.07, 6.45) is -2.29. The SMILES string of the molecule is C/C=C(/C)C(=O)O[C@H]1C(C)=C2[C@H]([C@@H]1OC(=O)CCCCCCC)[C@@](C)(OC(C)=O)C[C@H](OC(=O)CCC(=O)C[C@H](N)C(C)=O)[C@@]1(O)[C@H]2OC(=O)[C@@]1(C)O. The Bertz CT molecular complexity index is 1530. The van der Waals surface area contributed by atoms with Gasteiger partial charge >= 0.3 is 29.8 Å². The molecule has 0 spiro atoms. The molecule has 2 aliphatic carbocycles. The number of carbonyl (C=O) groups is 7. The molecular weight excluding hydrogens is 694 g/mol. The number of nitrogens with two attached hydrogens (primary N) is 1. The molecule has 15 heteroatoms. The van der Waals surface area contributed by atoms with Crippen molar-refractivity contribution in [1.29, 1.82) is 0 Å². The quantitative estimate of drug-likeness (QED) is 0.0638. The number of Topliss-reactive ketones (excluding diaryl/α,β-unsaturated/α-hetero) is 2. The van der Waals surface area contributed by atoms with Crippen molar-refractivity contribution in [2.24, 2.45) is 11.7 Å². The van der Waals surface area contributed by atoms with Crippen molar-refractivity contribution >= 4 is 41.4 Å². The van der Waals surface area contributed by atoms with Gasteiger partial charge in [-0.2, -0.15) is 0 Å². The van der Waals surface area contributed by atoms with Gasteiger partial charge in [-0.25, -0.2) is 9.59 Å². The largest absolute Gasteiger partial charge is 0.459 e. The number of rotatable bonds is 17. The first kappa shape index (κ1) is 43.5. The number of aliphatic hydroxyl groups is 2.